The number of imide groups is 1. The van der Waals surface area contributed by atoms with Gasteiger partial charge in [0.15, 0.2) is 11.5 Å². The Kier molecular flexibility index (Phi) is 4.80. The highest BCUT2D eigenvalue weighted by Crippen LogP contribution is 2.37. The number of hydrogen-bond acceptors (Lipinski definition) is 5. The molecular weight excluding hydrogens is 410 g/mol. The number of nitrogens with zero attached hydrogens (tertiary/aromatic N) is 2. The van der Waals surface area contributed by atoms with Crippen molar-refractivity contribution in [2.45, 2.75) is 38.3 Å². The van der Waals surface area contributed by atoms with Crippen LogP contribution >= 0.6 is 0 Å². The highest BCUT2D eigenvalue weighted by atomic mass is 16.5. The summed E-state index contributed by atoms with van der Waals surface area (Å²) < 4.78 is 11.4. The lowest BCUT2D eigenvalue weighted by atomic mass is 9.91. The summed E-state index contributed by atoms with van der Waals surface area (Å²) in [6.45, 7) is 4.37. The summed E-state index contributed by atoms with van der Waals surface area (Å²) in [7, 11) is 0. The van der Waals surface area contributed by atoms with E-state index in [1.807, 2.05) is 31.2 Å². The van der Waals surface area contributed by atoms with E-state index < -0.39 is 17.5 Å². The van der Waals surface area contributed by atoms with Crippen LogP contribution in [0.15, 0.2) is 42.5 Å². The standard InChI is InChI=1S/C24H25N3O5/c1-15-12-16-6-3-4-7-18(16)27(15)21(28)14-26-22(29)24(2,25-23(26)30)17-8-9-19-20(13-17)32-11-5-10-31-19/h3-4,6-9,13,15H,5,10-12,14H2,1-2H3,(H,25,30)/t15-,24-/m0/s1. The number of urea groups is 1. The SMILES string of the molecule is C[C@H]1Cc2ccccc2N1C(=O)CN1C(=O)N[C@@](C)(c2ccc3c(c2)OCCCO3)C1=O. The molecule has 0 aromatic heterocycles. The molecule has 2 aromatic carbocycles. The van der Waals surface area contributed by atoms with Gasteiger partial charge < -0.3 is 19.7 Å². The van der Waals surface area contributed by atoms with Gasteiger partial charge in [0.2, 0.25) is 5.91 Å². The van der Waals surface area contributed by atoms with Crippen LogP contribution in [0.3, 0.4) is 0 Å². The Hall–Kier alpha value is -3.55. The van der Waals surface area contributed by atoms with Crippen LogP contribution < -0.4 is 19.7 Å². The van der Waals surface area contributed by atoms with E-state index in [1.54, 1.807) is 30.0 Å². The van der Waals surface area contributed by atoms with E-state index in [1.165, 1.54) is 0 Å². The van der Waals surface area contributed by atoms with E-state index in [9.17, 15) is 14.4 Å². The molecule has 8 heteroatoms. The number of carbonyl (C=O) groups excluding carboxylic acids is 3. The molecule has 0 radical (unpaired) electrons. The Morgan fingerprint density at radius 1 is 1.12 bits per heavy atom. The molecular formula is C24H25N3O5. The van der Waals surface area contributed by atoms with Gasteiger partial charge >= 0.3 is 6.03 Å². The number of benzene rings is 2. The average molecular weight is 435 g/mol. The third-order valence-corrected chi connectivity index (χ3v) is 6.37. The van der Waals surface area contributed by atoms with Crippen LogP contribution in [-0.2, 0) is 21.5 Å². The van der Waals surface area contributed by atoms with Gasteiger partial charge in [0.25, 0.3) is 5.91 Å². The van der Waals surface area contributed by atoms with E-state index in [-0.39, 0.29) is 18.5 Å². The number of fused-ring (bicyclic) bond motifs is 2. The van der Waals surface area contributed by atoms with Gasteiger partial charge in [-0.1, -0.05) is 24.3 Å². The van der Waals surface area contributed by atoms with Gasteiger partial charge in [-0.05, 0) is 49.6 Å². The third kappa shape index (κ3) is 3.18. The summed E-state index contributed by atoms with van der Waals surface area (Å²) in [6.07, 6.45) is 1.52. The zero-order chi connectivity index (χ0) is 22.5. The predicted octanol–water partition coefficient (Wildman–Crippen LogP) is 2.59. The fourth-order valence-electron chi connectivity index (χ4n) is 4.67. The van der Waals surface area contributed by atoms with Crippen LogP contribution in [-0.4, -0.2) is 48.5 Å². The highest BCUT2D eigenvalue weighted by molar-refractivity contribution is 6.11. The molecule has 166 valence electrons. The van der Waals surface area contributed by atoms with Crippen LogP contribution in [0.1, 0.15) is 31.4 Å². The largest absolute Gasteiger partial charge is 0.490 e. The predicted molar refractivity (Wildman–Crippen MR) is 117 cm³/mol. The monoisotopic (exact) mass is 435 g/mol. The van der Waals surface area contributed by atoms with Crippen molar-refractivity contribution >= 4 is 23.5 Å². The minimum absolute atomic E-state index is 0.0335. The fourth-order valence-corrected chi connectivity index (χ4v) is 4.67. The lowest BCUT2D eigenvalue weighted by Gasteiger charge is -2.26. The Labute approximate surface area is 186 Å². The van der Waals surface area contributed by atoms with E-state index in [2.05, 4.69) is 5.32 Å². The molecule has 3 heterocycles. The molecule has 0 unspecified atom stereocenters. The molecule has 32 heavy (non-hydrogen) atoms. The summed E-state index contributed by atoms with van der Waals surface area (Å²) in [6, 6.07) is 12.3. The van der Waals surface area contributed by atoms with Crippen molar-refractivity contribution in [3.05, 3.63) is 53.6 Å². The highest BCUT2D eigenvalue weighted by Gasteiger charge is 2.50. The van der Waals surface area contributed by atoms with Crippen molar-refractivity contribution < 1.29 is 23.9 Å². The molecule has 1 fully saturated rings. The second kappa shape index (κ2) is 7.55. The molecule has 3 aliphatic rings. The Balaban J connectivity index is 1.38. The summed E-state index contributed by atoms with van der Waals surface area (Å²) >= 11 is 0. The van der Waals surface area contributed by atoms with Crippen LogP contribution in [0.25, 0.3) is 0 Å². The molecule has 2 aromatic rings. The number of rotatable bonds is 3. The van der Waals surface area contributed by atoms with Gasteiger partial charge in [0.1, 0.15) is 12.1 Å². The summed E-state index contributed by atoms with van der Waals surface area (Å²) in [4.78, 5) is 42.0. The van der Waals surface area contributed by atoms with Gasteiger partial charge in [-0.25, -0.2) is 4.79 Å². The first-order chi connectivity index (χ1) is 15.4. The van der Waals surface area contributed by atoms with E-state index in [0.717, 1.165) is 29.0 Å². The number of carbonyl (C=O) groups is 3. The van der Waals surface area contributed by atoms with E-state index in [4.69, 9.17) is 9.47 Å². The Morgan fingerprint density at radius 2 is 1.88 bits per heavy atom. The molecule has 0 saturated carbocycles. The molecule has 0 spiro atoms. The van der Waals surface area contributed by atoms with Crippen LogP contribution in [0.5, 0.6) is 11.5 Å². The molecule has 2 atom stereocenters. The lowest BCUT2D eigenvalue weighted by Crippen LogP contribution is -2.46. The molecule has 1 N–H and O–H groups in total. The number of ether oxygens (including phenoxy) is 2. The lowest BCUT2D eigenvalue weighted by molar-refractivity contribution is -0.134. The minimum atomic E-state index is -1.30. The first-order valence-electron chi connectivity index (χ1n) is 10.8. The number of para-hydroxylation sites is 1. The summed E-state index contributed by atoms with van der Waals surface area (Å²) in [5.74, 6) is 0.403. The van der Waals surface area contributed by atoms with Gasteiger partial charge in [-0.2, -0.15) is 0 Å². The van der Waals surface area contributed by atoms with Crippen molar-refractivity contribution in [1.29, 1.82) is 0 Å². The average Bonchev–Trinajstić information content (AvgIpc) is 3.08. The van der Waals surface area contributed by atoms with Gasteiger partial charge in [-0.3, -0.25) is 14.5 Å². The fraction of sp³-hybridized carbons (Fsp3) is 0.375. The zero-order valence-corrected chi connectivity index (χ0v) is 18.1. The maximum absolute atomic E-state index is 13.4. The molecule has 3 aliphatic heterocycles. The number of hydrogen-bond donors (Lipinski definition) is 1. The van der Waals surface area contributed by atoms with Crippen molar-refractivity contribution in [3.63, 3.8) is 0 Å². The zero-order valence-electron chi connectivity index (χ0n) is 18.1. The Morgan fingerprint density at radius 3 is 2.69 bits per heavy atom. The second-order valence-corrected chi connectivity index (χ2v) is 8.60. The molecule has 1 saturated heterocycles. The quantitative estimate of drug-likeness (QED) is 0.749. The topological polar surface area (TPSA) is 88.2 Å². The van der Waals surface area contributed by atoms with Gasteiger partial charge in [0.05, 0.1) is 13.2 Å². The van der Waals surface area contributed by atoms with Crippen molar-refractivity contribution in [3.8, 4) is 11.5 Å². The summed E-state index contributed by atoms with van der Waals surface area (Å²) in [5.41, 5.74) is 1.21. The van der Waals surface area contributed by atoms with Crippen LogP contribution in [0, 0.1) is 0 Å². The molecule has 4 amide bonds. The molecule has 0 aliphatic carbocycles. The third-order valence-electron chi connectivity index (χ3n) is 6.37. The number of nitrogens with one attached hydrogen (secondary N) is 1. The Bertz CT molecular complexity index is 1120. The smallest absolute Gasteiger partial charge is 0.325 e. The maximum atomic E-state index is 13.4. The van der Waals surface area contributed by atoms with Crippen molar-refractivity contribution in [1.82, 2.24) is 10.2 Å². The summed E-state index contributed by atoms with van der Waals surface area (Å²) in [5, 5.41) is 2.77. The first-order valence-corrected chi connectivity index (χ1v) is 10.8. The minimum Gasteiger partial charge on any atom is -0.490 e. The number of amides is 4. The second-order valence-electron chi connectivity index (χ2n) is 8.60. The van der Waals surface area contributed by atoms with Crippen LogP contribution in [0.4, 0.5) is 10.5 Å². The van der Waals surface area contributed by atoms with Gasteiger partial charge in [-0.15, -0.1) is 0 Å². The molecule has 8 nitrogen and oxygen atoms in total. The van der Waals surface area contributed by atoms with Crippen molar-refractivity contribution in [2.24, 2.45) is 0 Å². The van der Waals surface area contributed by atoms with Crippen molar-refractivity contribution in [2.75, 3.05) is 24.7 Å². The van der Waals surface area contributed by atoms with E-state index >= 15 is 0 Å². The van der Waals surface area contributed by atoms with Gasteiger partial charge in [0, 0.05) is 18.2 Å². The number of anilines is 1. The maximum Gasteiger partial charge on any atom is 0.325 e. The first kappa shape index (κ1) is 20.4. The van der Waals surface area contributed by atoms with Crippen LogP contribution in [0.2, 0.25) is 0 Å². The molecule has 0 bridgehead atoms. The molecule has 5 rings (SSSR count). The van der Waals surface area contributed by atoms with E-state index in [0.29, 0.717) is 30.3 Å². The normalized spacial score (nSPS) is 24.2.